The average molecular weight is 545 g/mol. The summed E-state index contributed by atoms with van der Waals surface area (Å²) in [6.45, 7) is 5.41. The molecule has 0 unspecified atom stereocenters. The maximum atomic E-state index is 14.0. The monoisotopic (exact) mass is 544 g/mol. The summed E-state index contributed by atoms with van der Waals surface area (Å²) in [5.74, 6) is 0.210. The van der Waals surface area contributed by atoms with Gasteiger partial charge in [0.05, 0.1) is 35.1 Å². The fourth-order valence-electron chi connectivity index (χ4n) is 4.70. The molecule has 0 amide bonds. The molecule has 194 valence electrons. The lowest BCUT2D eigenvalue weighted by Crippen LogP contribution is -2.40. The Balaban J connectivity index is 1.76. The number of hydrogen-bond donors (Lipinski definition) is 0. The first kappa shape index (κ1) is 26.0. The summed E-state index contributed by atoms with van der Waals surface area (Å²) in [5.41, 5.74) is 2.35. The molecule has 0 fully saturated rings. The largest absolute Gasteiger partial charge is 0.496 e. The lowest BCUT2D eigenvalue weighted by Gasteiger charge is -2.25. The highest BCUT2D eigenvalue weighted by molar-refractivity contribution is 7.98. The molecule has 2 heterocycles. The number of fused-ring (bicyclic) bond motifs is 2. The van der Waals surface area contributed by atoms with E-state index in [1.165, 1.54) is 11.3 Å². The number of rotatable bonds is 6. The number of carbonyl (C=O) groups excluding carboxylic acids is 1. The Labute approximate surface area is 228 Å². The normalized spacial score (nSPS) is 15.5. The highest BCUT2D eigenvalue weighted by Gasteiger charge is 2.33. The van der Waals surface area contributed by atoms with Gasteiger partial charge in [0.25, 0.3) is 5.56 Å². The predicted octanol–water partition coefficient (Wildman–Crippen LogP) is 5.07. The van der Waals surface area contributed by atoms with E-state index in [9.17, 15) is 9.59 Å². The van der Waals surface area contributed by atoms with Crippen molar-refractivity contribution in [2.45, 2.75) is 37.8 Å². The zero-order chi connectivity index (χ0) is 27.0. The number of methoxy groups -OCH3 is 1. The summed E-state index contributed by atoms with van der Waals surface area (Å²) in [7, 11) is 1.62. The van der Waals surface area contributed by atoms with Crippen LogP contribution in [0.1, 0.15) is 37.9 Å². The molecule has 3 aromatic carbocycles. The Hall–Kier alpha value is -3.62. The van der Waals surface area contributed by atoms with Crippen LogP contribution in [0.15, 0.2) is 86.6 Å². The Morgan fingerprint density at radius 2 is 1.84 bits per heavy atom. The lowest BCUT2D eigenvalue weighted by molar-refractivity contribution is -0.143. The summed E-state index contributed by atoms with van der Waals surface area (Å²) in [5, 5.41) is 2.04. The number of aromatic nitrogens is 1. The van der Waals surface area contributed by atoms with Crippen LogP contribution in [0.4, 0.5) is 0 Å². The van der Waals surface area contributed by atoms with Gasteiger partial charge in [-0.05, 0) is 67.6 Å². The summed E-state index contributed by atoms with van der Waals surface area (Å²) in [6.07, 6.45) is 3.57. The fraction of sp³-hybridized carbons (Fsp3) is 0.233. The molecule has 6 nitrogen and oxygen atoms in total. The second-order valence-corrected chi connectivity index (χ2v) is 11.1. The second kappa shape index (κ2) is 10.6. The van der Waals surface area contributed by atoms with Crippen molar-refractivity contribution in [3.05, 3.63) is 103 Å². The molecule has 8 heteroatoms. The SMILES string of the molecule is COc1ccc2ccccc2c1/C=c1/sc2n(c1=O)[C@@H](c1ccc(SC)cc1)C(C(=O)OC(C)C)=C(C)N=2. The number of thiazole rings is 1. The van der Waals surface area contributed by atoms with Gasteiger partial charge in [-0.25, -0.2) is 9.79 Å². The molecular weight excluding hydrogens is 516 g/mol. The molecule has 0 bridgehead atoms. The van der Waals surface area contributed by atoms with Crippen LogP contribution in [0.5, 0.6) is 5.75 Å². The Bertz CT molecular complexity index is 1750. The van der Waals surface area contributed by atoms with Gasteiger partial charge < -0.3 is 9.47 Å². The van der Waals surface area contributed by atoms with Crippen LogP contribution in [-0.4, -0.2) is 30.0 Å². The summed E-state index contributed by atoms with van der Waals surface area (Å²) in [6, 6.07) is 19.2. The number of allylic oxidation sites excluding steroid dienone is 1. The van der Waals surface area contributed by atoms with E-state index in [0.29, 0.717) is 26.4 Å². The first-order valence-corrected chi connectivity index (χ1v) is 14.3. The third kappa shape index (κ3) is 4.70. The van der Waals surface area contributed by atoms with E-state index >= 15 is 0 Å². The van der Waals surface area contributed by atoms with E-state index < -0.39 is 12.0 Å². The maximum Gasteiger partial charge on any atom is 0.338 e. The number of benzene rings is 3. The highest BCUT2D eigenvalue weighted by atomic mass is 32.2. The van der Waals surface area contributed by atoms with Crippen molar-refractivity contribution in [2.24, 2.45) is 4.99 Å². The smallest absolute Gasteiger partial charge is 0.338 e. The summed E-state index contributed by atoms with van der Waals surface area (Å²) < 4.78 is 13.4. The third-order valence-corrected chi connectivity index (χ3v) is 8.17. The maximum absolute atomic E-state index is 14.0. The van der Waals surface area contributed by atoms with E-state index in [0.717, 1.165) is 26.8 Å². The van der Waals surface area contributed by atoms with Crippen molar-refractivity contribution in [3.63, 3.8) is 0 Å². The predicted molar refractivity (Wildman–Crippen MR) is 154 cm³/mol. The van der Waals surface area contributed by atoms with Gasteiger partial charge in [-0.2, -0.15) is 0 Å². The molecule has 0 spiro atoms. The van der Waals surface area contributed by atoms with Crippen LogP contribution in [-0.2, 0) is 9.53 Å². The van der Waals surface area contributed by atoms with Crippen molar-refractivity contribution in [2.75, 3.05) is 13.4 Å². The van der Waals surface area contributed by atoms with Crippen molar-refractivity contribution in [1.82, 2.24) is 4.57 Å². The first-order valence-electron chi connectivity index (χ1n) is 12.3. The summed E-state index contributed by atoms with van der Waals surface area (Å²) >= 11 is 2.94. The van der Waals surface area contributed by atoms with E-state index in [1.807, 2.05) is 86.8 Å². The molecule has 4 aromatic rings. The van der Waals surface area contributed by atoms with E-state index in [1.54, 1.807) is 30.4 Å². The Morgan fingerprint density at radius 1 is 1.11 bits per heavy atom. The molecule has 0 saturated heterocycles. The number of carbonyl (C=O) groups is 1. The van der Waals surface area contributed by atoms with Crippen LogP contribution in [0, 0.1) is 0 Å². The molecule has 1 aliphatic heterocycles. The van der Waals surface area contributed by atoms with Gasteiger partial charge >= 0.3 is 5.97 Å². The topological polar surface area (TPSA) is 69.9 Å². The highest BCUT2D eigenvalue weighted by Crippen LogP contribution is 2.32. The summed E-state index contributed by atoms with van der Waals surface area (Å²) in [4.78, 5) is 33.6. The quantitative estimate of drug-likeness (QED) is 0.250. The van der Waals surface area contributed by atoms with E-state index in [2.05, 4.69) is 0 Å². The minimum Gasteiger partial charge on any atom is -0.496 e. The molecule has 38 heavy (non-hydrogen) atoms. The van der Waals surface area contributed by atoms with Crippen molar-refractivity contribution >= 4 is 45.9 Å². The van der Waals surface area contributed by atoms with Gasteiger partial charge in [0.15, 0.2) is 4.80 Å². The van der Waals surface area contributed by atoms with Crippen LogP contribution >= 0.6 is 23.1 Å². The zero-order valence-electron chi connectivity index (χ0n) is 21.8. The molecule has 0 aliphatic carbocycles. The molecule has 0 radical (unpaired) electrons. The van der Waals surface area contributed by atoms with Crippen LogP contribution in [0.2, 0.25) is 0 Å². The van der Waals surface area contributed by atoms with Crippen LogP contribution in [0.3, 0.4) is 0 Å². The number of thioether (sulfide) groups is 1. The second-order valence-electron chi connectivity index (χ2n) is 9.21. The molecule has 1 aliphatic rings. The van der Waals surface area contributed by atoms with Crippen molar-refractivity contribution < 1.29 is 14.3 Å². The third-order valence-electron chi connectivity index (χ3n) is 6.44. The number of esters is 1. The number of hydrogen-bond acceptors (Lipinski definition) is 7. The molecule has 0 N–H and O–H groups in total. The van der Waals surface area contributed by atoms with E-state index in [-0.39, 0.29) is 11.7 Å². The minimum atomic E-state index is -0.648. The van der Waals surface area contributed by atoms with Gasteiger partial charge in [0.2, 0.25) is 0 Å². The fourth-order valence-corrected chi connectivity index (χ4v) is 6.13. The van der Waals surface area contributed by atoms with Crippen LogP contribution < -0.4 is 19.6 Å². The van der Waals surface area contributed by atoms with Gasteiger partial charge in [0.1, 0.15) is 5.75 Å². The molecule has 5 rings (SSSR count). The number of ether oxygens (including phenoxy) is 2. The van der Waals surface area contributed by atoms with E-state index in [4.69, 9.17) is 14.5 Å². The average Bonchev–Trinajstić information content (AvgIpc) is 3.21. The van der Waals surface area contributed by atoms with Crippen LogP contribution in [0.25, 0.3) is 16.8 Å². The lowest BCUT2D eigenvalue weighted by atomic mass is 9.96. The van der Waals surface area contributed by atoms with Crippen molar-refractivity contribution in [1.29, 1.82) is 0 Å². The molecule has 0 saturated carbocycles. The molecular formula is C30H28N2O4S2. The van der Waals surface area contributed by atoms with Gasteiger partial charge in [-0.3, -0.25) is 9.36 Å². The van der Waals surface area contributed by atoms with Gasteiger partial charge in [-0.1, -0.05) is 53.8 Å². The standard InChI is InChI=1S/C30H28N2O4S2/c1-17(2)36-29(34)26-18(3)31-30-32(27(26)20-10-13-21(37-5)14-11-20)28(33)25(38-30)16-23-22-9-7-6-8-19(22)12-15-24(23)35-4/h6-17,27H,1-5H3/b25-16+/t27-/m0/s1. The van der Waals surface area contributed by atoms with Gasteiger partial charge in [0, 0.05) is 10.5 Å². The minimum absolute atomic E-state index is 0.218. The Morgan fingerprint density at radius 3 is 2.53 bits per heavy atom. The van der Waals surface area contributed by atoms with Gasteiger partial charge in [-0.15, -0.1) is 11.8 Å². The Kier molecular flexibility index (Phi) is 7.27. The zero-order valence-corrected chi connectivity index (χ0v) is 23.5. The number of nitrogens with zero attached hydrogens (tertiary/aromatic N) is 2. The van der Waals surface area contributed by atoms with Crippen molar-refractivity contribution in [3.8, 4) is 5.75 Å². The first-order chi connectivity index (χ1) is 18.3. The molecule has 1 atom stereocenters. The molecule has 1 aromatic heterocycles.